The van der Waals surface area contributed by atoms with Crippen molar-refractivity contribution in [1.82, 2.24) is 14.7 Å². The molecule has 1 aromatic rings. The monoisotopic (exact) mass is 363 g/mol. The molecule has 3 rings (SSSR count). The van der Waals surface area contributed by atoms with E-state index >= 15 is 0 Å². The molecular formula is C19H26ClN3O2. The van der Waals surface area contributed by atoms with Gasteiger partial charge in [0.2, 0.25) is 11.8 Å². The number of likely N-dealkylation sites (tertiary alicyclic amines) is 1. The molecule has 2 heterocycles. The second-order valence-corrected chi connectivity index (χ2v) is 7.46. The van der Waals surface area contributed by atoms with Crippen molar-refractivity contribution in [3.63, 3.8) is 0 Å². The minimum atomic E-state index is 0.0627. The Kier molecular flexibility index (Phi) is 5.97. The summed E-state index contributed by atoms with van der Waals surface area (Å²) in [6.07, 6.45) is 1.86. The third-order valence-electron chi connectivity index (χ3n) is 5.31. The zero-order valence-corrected chi connectivity index (χ0v) is 15.5. The van der Waals surface area contributed by atoms with Crippen LogP contribution in [-0.4, -0.2) is 72.8 Å². The molecule has 5 nitrogen and oxygen atoms in total. The number of piperazine rings is 1. The van der Waals surface area contributed by atoms with E-state index in [9.17, 15) is 9.59 Å². The summed E-state index contributed by atoms with van der Waals surface area (Å²) < 4.78 is 0. The highest BCUT2D eigenvalue weighted by Gasteiger charge is 2.31. The van der Waals surface area contributed by atoms with Gasteiger partial charge in [-0.05, 0) is 31.5 Å². The minimum absolute atomic E-state index is 0.0627. The van der Waals surface area contributed by atoms with Crippen molar-refractivity contribution >= 4 is 23.4 Å². The number of piperidine rings is 1. The van der Waals surface area contributed by atoms with E-state index in [0.29, 0.717) is 24.5 Å². The molecule has 0 aromatic heterocycles. The molecule has 2 amide bonds. The summed E-state index contributed by atoms with van der Waals surface area (Å²) in [6.45, 7) is 4.85. The first-order chi connectivity index (χ1) is 12.0. The van der Waals surface area contributed by atoms with Crippen LogP contribution >= 0.6 is 11.6 Å². The summed E-state index contributed by atoms with van der Waals surface area (Å²) in [5.41, 5.74) is 0.866. The van der Waals surface area contributed by atoms with Crippen molar-refractivity contribution in [2.45, 2.75) is 19.3 Å². The predicted octanol–water partition coefficient (Wildman–Crippen LogP) is 1.90. The third-order valence-corrected chi connectivity index (χ3v) is 5.68. The van der Waals surface area contributed by atoms with Gasteiger partial charge in [0.1, 0.15) is 0 Å². The van der Waals surface area contributed by atoms with Crippen LogP contribution in [0, 0.1) is 5.92 Å². The molecule has 136 valence electrons. The van der Waals surface area contributed by atoms with Crippen LogP contribution in [0.4, 0.5) is 0 Å². The largest absolute Gasteiger partial charge is 0.342 e. The Bertz CT molecular complexity index is 621. The second-order valence-electron chi connectivity index (χ2n) is 7.05. The normalized spacial score (nSPS) is 19.9. The summed E-state index contributed by atoms with van der Waals surface area (Å²) in [4.78, 5) is 31.3. The number of hydrogen-bond acceptors (Lipinski definition) is 3. The van der Waals surface area contributed by atoms with Gasteiger partial charge in [-0.1, -0.05) is 29.8 Å². The Labute approximate surface area is 154 Å². The van der Waals surface area contributed by atoms with E-state index < -0.39 is 0 Å². The molecule has 0 atom stereocenters. The van der Waals surface area contributed by atoms with Crippen molar-refractivity contribution in [2.75, 3.05) is 46.3 Å². The van der Waals surface area contributed by atoms with E-state index in [0.717, 1.165) is 44.6 Å². The van der Waals surface area contributed by atoms with E-state index in [-0.39, 0.29) is 17.7 Å². The van der Waals surface area contributed by atoms with Crippen LogP contribution in [0.3, 0.4) is 0 Å². The first kappa shape index (κ1) is 18.2. The molecule has 0 N–H and O–H groups in total. The zero-order chi connectivity index (χ0) is 17.8. The number of benzene rings is 1. The summed E-state index contributed by atoms with van der Waals surface area (Å²) >= 11 is 6.14. The van der Waals surface area contributed by atoms with Crippen LogP contribution < -0.4 is 0 Å². The van der Waals surface area contributed by atoms with E-state index in [1.807, 2.05) is 34.1 Å². The van der Waals surface area contributed by atoms with Crippen LogP contribution in [0.2, 0.25) is 5.02 Å². The third kappa shape index (κ3) is 4.53. The van der Waals surface area contributed by atoms with Crippen molar-refractivity contribution in [2.24, 2.45) is 5.92 Å². The lowest BCUT2D eigenvalue weighted by molar-refractivity contribution is -0.141. The van der Waals surface area contributed by atoms with Gasteiger partial charge in [-0.2, -0.15) is 0 Å². The molecule has 1 aromatic carbocycles. The van der Waals surface area contributed by atoms with Gasteiger partial charge in [0.05, 0.1) is 6.42 Å². The highest BCUT2D eigenvalue weighted by atomic mass is 35.5. The Morgan fingerprint density at radius 1 is 1.00 bits per heavy atom. The standard InChI is InChI=1S/C19H26ClN3O2/c1-21-10-12-23(13-11-21)19(25)15-6-8-22(9-7-15)18(24)14-16-4-2-3-5-17(16)20/h2-5,15H,6-14H2,1H3. The summed E-state index contributed by atoms with van der Waals surface area (Å²) in [5, 5.41) is 0.635. The fraction of sp³-hybridized carbons (Fsp3) is 0.579. The van der Waals surface area contributed by atoms with Gasteiger partial charge >= 0.3 is 0 Å². The number of halogens is 1. The van der Waals surface area contributed by atoms with Crippen LogP contribution in [0.5, 0.6) is 0 Å². The molecule has 2 aliphatic heterocycles. The fourth-order valence-corrected chi connectivity index (χ4v) is 3.78. The van der Waals surface area contributed by atoms with Gasteiger partial charge in [-0.25, -0.2) is 0 Å². The minimum Gasteiger partial charge on any atom is -0.342 e. The topological polar surface area (TPSA) is 43.9 Å². The van der Waals surface area contributed by atoms with E-state index in [1.165, 1.54) is 0 Å². The average molecular weight is 364 g/mol. The summed E-state index contributed by atoms with van der Waals surface area (Å²) in [7, 11) is 2.09. The van der Waals surface area contributed by atoms with Gasteiger partial charge < -0.3 is 14.7 Å². The van der Waals surface area contributed by atoms with Gasteiger partial charge in [0, 0.05) is 50.2 Å². The lowest BCUT2D eigenvalue weighted by Crippen LogP contribution is -2.51. The maximum Gasteiger partial charge on any atom is 0.227 e. The van der Waals surface area contributed by atoms with Crippen molar-refractivity contribution < 1.29 is 9.59 Å². The number of amides is 2. The molecule has 0 aliphatic carbocycles. The summed E-state index contributed by atoms with van der Waals surface area (Å²) in [5.74, 6) is 0.428. The molecule has 0 unspecified atom stereocenters. The lowest BCUT2D eigenvalue weighted by Gasteiger charge is -2.37. The van der Waals surface area contributed by atoms with E-state index in [4.69, 9.17) is 11.6 Å². The van der Waals surface area contributed by atoms with Gasteiger partial charge in [-0.15, -0.1) is 0 Å². The molecule has 0 radical (unpaired) electrons. The molecule has 2 saturated heterocycles. The van der Waals surface area contributed by atoms with Crippen LogP contribution in [0.15, 0.2) is 24.3 Å². The Morgan fingerprint density at radius 2 is 1.64 bits per heavy atom. The van der Waals surface area contributed by atoms with E-state index in [1.54, 1.807) is 0 Å². The molecule has 25 heavy (non-hydrogen) atoms. The first-order valence-corrected chi connectivity index (χ1v) is 9.41. The highest BCUT2D eigenvalue weighted by molar-refractivity contribution is 6.31. The lowest BCUT2D eigenvalue weighted by atomic mass is 9.94. The van der Waals surface area contributed by atoms with Crippen LogP contribution in [-0.2, 0) is 16.0 Å². The van der Waals surface area contributed by atoms with Crippen molar-refractivity contribution in [3.05, 3.63) is 34.9 Å². The maximum absolute atomic E-state index is 12.7. The van der Waals surface area contributed by atoms with Crippen LogP contribution in [0.1, 0.15) is 18.4 Å². The maximum atomic E-state index is 12.7. The van der Waals surface area contributed by atoms with Crippen LogP contribution in [0.25, 0.3) is 0 Å². The van der Waals surface area contributed by atoms with E-state index in [2.05, 4.69) is 11.9 Å². The average Bonchev–Trinajstić information content (AvgIpc) is 2.64. The SMILES string of the molecule is CN1CCN(C(=O)C2CCN(C(=O)Cc3ccccc3Cl)CC2)CC1. The number of carbonyl (C=O) groups is 2. The highest BCUT2D eigenvalue weighted by Crippen LogP contribution is 2.22. The van der Waals surface area contributed by atoms with Crippen molar-refractivity contribution in [1.29, 1.82) is 0 Å². The number of rotatable bonds is 3. The Morgan fingerprint density at radius 3 is 2.28 bits per heavy atom. The molecule has 0 spiro atoms. The Balaban J connectivity index is 1.49. The second kappa shape index (κ2) is 8.19. The molecular weight excluding hydrogens is 338 g/mol. The van der Waals surface area contributed by atoms with Crippen molar-refractivity contribution in [3.8, 4) is 0 Å². The molecule has 6 heteroatoms. The number of carbonyl (C=O) groups excluding carboxylic acids is 2. The number of nitrogens with zero attached hydrogens (tertiary/aromatic N) is 3. The quantitative estimate of drug-likeness (QED) is 0.823. The van der Waals surface area contributed by atoms with Gasteiger partial charge in [-0.3, -0.25) is 9.59 Å². The fourth-order valence-electron chi connectivity index (χ4n) is 3.58. The smallest absolute Gasteiger partial charge is 0.227 e. The zero-order valence-electron chi connectivity index (χ0n) is 14.8. The summed E-state index contributed by atoms with van der Waals surface area (Å²) in [6, 6.07) is 7.47. The number of likely N-dealkylation sites (N-methyl/N-ethyl adjacent to an activating group) is 1. The number of hydrogen-bond donors (Lipinski definition) is 0. The molecule has 0 saturated carbocycles. The predicted molar refractivity (Wildman–Crippen MR) is 98.5 cm³/mol. The Hall–Kier alpha value is -1.59. The molecule has 2 fully saturated rings. The van der Waals surface area contributed by atoms with Gasteiger partial charge in [0.15, 0.2) is 0 Å². The first-order valence-electron chi connectivity index (χ1n) is 9.03. The van der Waals surface area contributed by atoms with Gasteiger partial charge in [0.25, 0.3) is 0 Å². The molecule has 0 bridgehead atoms. The molecule has 2 aliphatic rings.